The van der Waals surface area contributed by atoms with Gasteiger partial charge in [-0.05, 0) is 54.3 Å². The third kappa shape index (κ3) is 7.88. The molecule has 0 aliphatic carbocycles. The lowest BCUT2D eigenvalue weighted by Crippen LogP contribution is -2.52. The number of rotatable bonds is 10. The van der Waals surface area contributed by atoms with Gasteiger partial charge in [-0.1, -0.05) is 95.8 Å². The van der Waals surface area contributed by atoms with Gasteiger partial charge in [0.05, 0.1) is 16.5 Å². The number of amides is 2. The molecule has 0 saturated carbocycles. The summed E-state index contributed by atoms with van der Waals surface area (Å²) < 4.78 is 0. The summed E-state index contributed by atoms with van der Waals surface area (Å²) in [7, 11) is 0. The SMILES string of the molecule is CC[C@H](C)NC(=O)[C@@H](Cc1ccccc1)N(Cc1ccc(Cl)c(Cl)c1)C(=O)Cc1ccc(Cl)cc1Cl. The Morgan fingerprint density at radius 2 is 1.58 bits per heavy atom. The van der Waals surface area contributed by atoms with Crippen molar-refractivity contribution >= 4 is 58.2 Å². The molecule has 0 aliphatic heterocycles. The standard InChI is InChI=1S/C28H28Cl4N2O2/c1-3-18(2)33-28(36)26(14-19-7-5-4-6-8-19)34(17-20-9-12-23(30)25(32)13-20)27(35)15-21-10-11-22(29)16-24(21)31/h4-13,16,18,26H,3,14-15,17H2,1-2H3,(H,33,36)/t18-,26+/m0/s1. The van der Waals surface area contributed by atoms with Crippen LogP contribution in [0.3, 0.4) is 0 Å². The zero-order valence-corrected chi connectivity index (χ0v) is 23.1. The van der Waals surface area contributed by atoms with E-state index in [2.05, 4.69) is 5.32 Å². The molecule has 3 rings (SSSR count). The number of hydrogen-bond acceptors (Lipinski definition) is 2. The van der Waals surface area contributed by atoms with E-state index in [1.807, 2.05) is 44.2 Å². The van der Waals surface area contributed by atoms with E-state index in [0.29, 0.717) is 32.1 Å². The molecular weight excluding hydrogens is 538 g/mol. The maximum absolute atomic E-state index is 13.8. The largest absolute Gasteiger partial charge is 0.352 e. The van der Waals surface area contributed by atoms with E-state index < -0.39 is 6.04 Å². The van der Waals surface area contributed by atoms with Crippen LogP contribution in [-0.2, 0) is 29.0 Å². The minimum atomic E-state index is -0.755. The number of carbonyl (C=O) groups excluding carboxylic acids is 2. The van der Waals surface area contributed by atoms with Crippen LogP contribution in [0.5, 0.6) is 0 Å². The smallest absolute Gasteiger partial charge is 0.243 e. The average molecular weight is 566 g/mol. The Hall–Kier alpha value is -2.24. The second-order valence-corrected chi connectivity index (χ2v) is 10.4. The molecule has 36 heavy (non-hydrogen) atoms. The van der Waals surface area contributed by atoms with Crippen molar-refractivity contribution in [3.05, 3.63) is 104 Å². The summed E-state index contributed by atoms with van der Waals surface area (Å²) in [4.78, 5) is 28.9. The van der Waals surface area contributed by atoms with Gasteiger partial charge >= 0.3 is 0 Å². The molecule has 3 aromatic rings. The Morgan fingerprint density at radius 1 is 0.861 bits per heavy atom. The van der Waals surface area contributed by atoms with Crippen LogP contribution < -0.4 is 5.32 Å². The van der Waals surface area contributed by atoms with Gasteiger partial charge in [0, 0.05) is 29.1 Å². The van der Waals surface area contributed by atoms with Gasteiger partial charge in [-0.3, -0.25) is 9.59 Å². The Labute approximate surface area is 232 Å². The number of nitrogens with zero attached hydrogens (tertiary/aromatic N) is 1. The molecule has 0 aromatic heterocycles. The molecule has 2 amide bonds. The highest BCUT2D eigenvalue weighted by atomic mass is 35.5. The van der Waals surface area contributed by atoms with E-state index in [9.17, 15) is 9.59 Å². The summed E-state index contributed by atoms with van der Waals surface area (Å²) in [5.74, 6) is -0.464. The highest BCUT2D eigenvalue weighted by Crippen LogP contribution is 2.26. The van der Waals surface area contributed by atoms with Gasteiger partial charge in [0.1, 0.15) is 6.04 Å². The first-order valence-corrected chi connectivity index (χ1v) is 13.2. The molecular formula is C28H28Cl4N2O2. The summed E-state index contributed by atoms with van der Waals surface area (Å²) in [5, 5.41) is 4.73. The molecule has 2 atom stereocenters. The molecule has 1 N–H and O–H groups in total. The van der Waals surface area contributed by atoms with Crippen LogP contribution in [0.25, 0.3) is 0 Å². The highest BCUT2D eigenvalue weighted by Gasteiger charge is 2.31. The van der Waals surface area contributed by atoms with Crippen LogP contribution >= 0.6 is 46.4 Å². The Morgan fingerprint density at radius 3 is 2.22 bits per heavy atom. The van der Waals surface area contributed by atoms with Gasteiger partial charge in [0.25, 0.3) is 0 Å². The maximum atomic E-state index is 13.8. The van der Waals surface area contributed by atoms with Crippen molar-refractivity contribution in [3.63, 3.8) is 0 Å². The van der Waals surface area contributed by atoms with Gasteiger partial charge in [-0.2, -0.15) is 0 Å². The first-order chi connectivity index (χ1) is 17.2. The van der Waals surface area contributed by atoms with E-state index in [1.165, 1.54) is 0 Å². The zero-order valence-electron chi connectivity index (χ0n) is 20.1. The van der Waals surface area contributed by atoms with Gasteiger partial charge in [-0.15, -0.1) is 0 Å². The summed E-state index contributed by atoms with van der Waals surface area (Å²) in [6.07, 6.45) is 1.13. The van der Waals surface area contributed by atoms with E-state index in [4.69, 9.17) is 46.4 Å². The molecule has 4 nitrogen and oxygen atoms in total. The normalized spacial score (nSPS) is 12.6. The lowest BCUT2D eigenvalue weighted by Gasteiger charge is -2.32. The molecule has 0 bridgehead atoms. The summed E-state index contributed by atoms with van der Waals surface area (Å²) in [5.41, 5.74) is 2.33. The van der Waals surface area contributed by atoms with E-state index in [-0.39, 0.29) is 30.8 Å². The van der Waals surface area contributed by atoms with E-state index in [1.54, 1.807) is 41.3 Å². The van der Waals surface area contributed by atoms with Crippen molar-refractivity contribution in [2.24, 2.45) is 0 Å². The Bertz CT molecular complexity index is 1200. The fraction of sp³-hybridized carbons (Fsp3) is 0.286. The predicted octanol–water partition coefficient (Wildman–Crippen LogP) is 7.40. The molecule has 0 heterocycles. The molecule has 190 valence electrons. The second-order valence-electron chi connectivity index (χ2n) is 8.71. The zero-order chi connectivity index (χ0) is 26.2. The lowest BCUT2D eigenvalue weighted by molar-refractivity contribution is -0.141. The van der Waals surface area contributed by atoms with Gasteiger partial charge in [0.15, 0.2) is 0 Å². The average Bonchev–Trinajstić information content (AvgIpc) is 2.85. The second kappa shape index (κ2) is 13.3. The predicted molar refractivity (Wildman–Crippen MR) is 149 cm³/mol. The van der Waals surface area contributed by atoms with Gasteiger partial charge in [0.2, 0.25) is 11.8 Å². The van der Waals surface area contributed by atoms with E-state index >= 15 is 0 Å². The molecule has 3 aromatic carbocycles. The maximum Gasteiger partial charge on any atom is 0.243 e. The van der Waals surface area contributed by atoms with E-state index in [0.717, 1.165) is 17.5 Å². The van der Waals surface area contributed by atoms with Crippen LogP contribution in [0, 0.1) is 0 Å². The summed E-state index contributed by atoms with van der Waals surface area (Å²) in [6, 6.07) is 19.1. The number of hydrogen-bond donors (Lipinski definition) is 1. The molecule has 0 aliphatic rings. The quantitative estimate of drug-likeness (QED) is 0.278. The van der Waals surface area contributed by atoms with Crippen molar-refractivity contribution in [3.8, 4) is 0 Å². The monoisotopic (exact) mass is 564 g/mol. The van der Waals surface area contributed by atoms with Crippen molar-refractivity contribution in [2.45, 2.75) is 51.7 Å². The van der Waals surface area contributed by atoms with Crippen LogP contribution in [0.1, 0.15) is 37.0 Å². The fourth-order valence-corrected chi connectivity index (χ4v) is 4.56. The van der Waals surface area contributed by atoms with Crippen LogP contribution in [-0.4, -0.2) is 28.8 Å². The third-order valence-electron chi connectivity index (χ3n) is 5.97. The van der Waals surface area contributed by atoms with Crippen molar-refractivity contribution in [2.75, 3.05) is 0 Å². The molecule has 0 saturated heterocycles. The molecule has 8 heteroatoms. The lowest BCUT2D eigenvalue weighted by atomic mass is 10.0. The first kappa shape index (κ1) is 28.3. The number of carbonyl (C=O) groups is 2. The third-order valence-corrected chi connectivity index (χ3v) is 7.29. The molecule has 0 radical (unpaired) electrons. The minimum Gasteiger partial charge on any atom is -0.352 e. The number of nitrogens with one attached hydrogen (secondary N) is 1. The molecule has 0 spiro atoms. The van der Waals surface area contributed by atoms with Crippen molar-refractivity contribution in [1.29, 1.82) is 0 Å². The number of benzene rings is 3. The van der Waals surface area contributed by atoms with Crippen LogP contribution in [0.2, 0.25) is 20.1 Å². The summed E-state index contributed by atoms with van der Waals surface area (Å²) in [6.45, 7) is 4.11. The van der Waals surface area contributed by atoms with Gasteiger partial charge in [-0.25, -0.2) is 0 Å². The minimum absolute atomic E-state index is 0.0131. The highest BCUT2D eigenvalue weighted by molar-refractivity contribution is 6.42. The summed E-state index contributed by atoms with van der Waals surface area (Å²) >= 11 is 24.8. The van der Waals surface area contributed by atoms with Crippen molar-refractivity contribution < 1.29 is 9.59 Å². The topological polar surface area (TPSA) is 49.4 Å². The van der Waals surface area contributed by atoms with Crippen LogP contribution in [0.15, 0.2) is 66.7 Å². The molecule has 0 unspecified atom stereocenters. The van der Waals surface area contributed by atoms with Crippen LogP contribution in [0.4, 0.5) is 0 Å². The van der Waals surface area contributed by atoms with Crippen molar-refractivity contribution in [1.82, 2.24) is 10.2 Å². The Kier molecular flexibility index (Phi) is 10.5. The first-order valence-electron chi connectivity index (χ1n) is 11.7. The fourth-order valence-electron chi connectivity index (χ4n) is 3.76. The van der Waals surface area contributed by atoms with Gasteiger partial charge < -0.3 is 10.2 Å². The number of halogens is 4. The molecule has 0 fully saturated rings. The Balaban J connectivity index is 2.01.